The fourth-order valence-electron chi connectivity index (χ4n) is 2.22. The first-order valence-corrected chi connectivity index (χ1v) is 7.54. The van der Waals surface area contributed by atoms with Crippen LogP contribution < -0.4 is 14.8 Å². The Balaban J connectivity index is 1.68. The summed E-state index contributed by atoms with van der Waals surface area (Å²) in [7, 11) is 3.09. The number of methoxy groups -OCH3 is 2. The molecule has 0 saturated heterocycles. The maximum Gasteiger partial charge on any atom is 0.248 e. The van der Waals surface area contributed by atoms with Gasteiger partial charge in [-0.1, -0.05) is 30.3 Å². The summed E-state index contributed by atoms with van der Waals surface area (Å²) < 4.78 is 10.4. The van der Waals surface area contributed by atoms with Gasteiger partial charge in [0.25, 0.3) is 0 Å². The topological polar surface area (TPSA) is 91.2 Å². The van der Waals surface area contributed by atoms with Crippen molar-refractivity contribution < 1.29 is 14.3 Å². The van der Waals surface area contributed by atoms with Crippen LogP contribution in [0.5, 0.6) is 11.5 Å². The molecular formula is C17H17N5O3. The van der Waals surface area contributed by atoms with Gasteiger partial charge in [0.15, 0.2) is 0 Å². The van der Waals surface area contributed by atoms with Gasteiger partial charge in [-0.15, -0.1) is 10.2 Å². The molecule has 0 aliphatic carbocycles. The second-order valence-electron chi connectivity index (χ2n) is 5.16. The molecule has 2 aromatic carbocycles. The number of ether oxygens (including phenoxy) is 2. The summed E-state index contributed by atoms with van der Waals surface area (Å²) in [6, 6.07) is 14.6. The molecule has 0 atom stereocenters. The predicted octanol–water partition coefficient (Wildman–Crippen LogP) is 2.00. The molecule has 0 saturated carbocycles. The lowest BCUT2D eigenvalue weighted by molar-refractivity contribution is -0.117. The number of carbonyl (C=O) groups excluding carboxylic acids is 1. The van der Waals surface area contributed by atoms with Crippen LogP contribution in [0.4, 0.5) is 5.69 Å². The molecule has 1 aromatic heterocycles. The average Bonchev–Trinajstić information content (AvgIpc) is 3.10. The zero-order valence-corrected chi connectivity index (χ0v) is 13.8. The van der Waals surface area contributed by atoms with E-state index in [1.165, 1.54) is 4.80 Å². The van der Waals surface area contributed by atoms with Crippen LogP contribution in [0.1, 0.15) is 0 Å². The molecule has 0 radical (unpaired) electrons. The Morgan fingerprint density at radius 1 is 1.08 bits per heavy atom. The summed E-state index contributed by atoms with van der Waals surface area (Å²) >= 11 is 0. The van der Waals surface area contributed by atoms with E-state index in [9.17, 15) is 4.79 Å². The fraction of sp³-hybridized carbons (Fsp3) is 0.176. The van der Waals surface area contributed by atoms with Crippen LogP contribution in [-0.2, 0) is 11.3 Å². The molecule has 0 bridgehead atoms. The minimum Gasteiger partial charge on any atom is -0.497 e. The van der Waals surface area contributed by atoms with Crippen molar-refractivity contribution in [3.8, 4) is 22.9 Å². The van der Waals surface area contributed by atoms with Gasteiger partial charge in [0.1, 0.15) is 18.0 Å². The number of tetrazole rings is 1. The van der Waals surface area contributed by atoms with Crippen molar-refractivity contribution >= 4 is 11.6 Å². The molecule has 0 fully saturated rings. The van der Waals surface area contributed by atoms with Crippen molar-refractivity contribution in [2.45, 2.75) is 6.54 Å². The van der Waals surface area contributed by atoms with Gasteiger partial charge in [0.05, 0.1) is 14.2 Å². The number of aromatic nitrogens is 4. The molecule has 0 unspecified atom stereocenters. The quantitative estimate of drug-likeness (QED) is 0.738. The first-order chi connectivity index (χ1) is 12.2. The Kier molecular flexibility index (Phi) is 4.89. The first-order valence-electron chi connectivity index (χ1n) is 7.54. The maximum absolute atomic E-state index is 12.2. The van der Waals surface area contributed by atoms with Crippen molar-refractivity contribution in [3.05, 3.63) is 48.5 Å². The van der Waals surface area contributed by atoms with E-state index in [0.717, 1.165) is 5.56 Å². The highest BCUT2D eigenvalue weighted by atomic mass is 16.5. The van der Waals surface area contributed by atoms with Gasteiger partial charge in [0.2, 0.25) is 11.7 Å². The van der Waals surface area contributed by atoms with Gasteiger partial charge in [-0.05, 0) is 5.21 Å². The van der Waals surface area contributed by atoms with Gasteiger partial charge >= 0.3 is 0 Å². The number of hydrogen-bond donors (Lipinski definition) is 1. The number of nitrogens with zero attached hydrogens (tertiary/aromatic N) is 4. The van der Waals surface area contributed by atoms with Crippen molar-refractivity contribution in [2.75, 3.05) is 19.5 Å². The molecule has 3 aromatic rings. The number of hydrogen-bond acceptors (Lipinski definition) is 6. The summed E-state index contributed by atoms with van der Waals surface area (Å²) in [5, 5.41) is 14.8. The number of benzene rings is 2. The monoisotopic (exact) mass is 339 g/mol. The van der Waals surface area contributed by atoms with Crippen LogP contribution in [0.15, 0.2) is 48.5 Å². The van der Waals surface area contributed by atoms with Crippen LogP contribution >= 0.6 is 0 Å². The lowest BCUT2D eigenvalue weighted by Crippen LogP contribution is -2.20. The average molecular weight is 339 g/mol. The standard InChI is InChI=1S/C17H17N5O3/c1-24-14-8-13(9-15(10-14)25-2)18-16(23)11-22-20-17(19-21-22)12-6-4-3-5-7-12/h3-10H,11H2,1-2H3,(H,18,23). The highest BCUT2D eigenvalue weighted by molar-refractivity contribution is 5.90. The van der Waals surface area contributed by atoms with Gasteiger partial charge in [-0.25, -0.2) is 0 Å². The number of anilines is 1. The number of nitrogens with one attached hydrogen (secondary N) is 1. The van der Waals surface area contributed by atoms with Crippen LogP contribution in [0.2, 0.25) is 0 Å². The zero-order chi connectivity index (χ0) is 17.6. The summed E-state index contributed by atoms with van der Waals surface area (Å²) in [4.78, 5) is 13.5. The van der Waals surface area contributed by atoms with E-state index in [2.05, 4.69) is 20.7 Å². The normalized spacial score (nSPS) is 10.3. The lowest BCUT2D eigenvalue weighted by atomic mass is 10.2. The van der Waals surface area contributed by atoms with E-state index in [-0.39, 0.29) is 12.5 Å². The zero-order valence-electron chi connectivity index (χ0n) is 13.8. The van der Waals surface area contributed by atoms with Crippen molar-refractivity contribution in [1.29, 1.82) is 0 Å². The molecule has 3 rings (SSSR count). The van der Waals surface area contributed by atoms with Gasteiger partial charge in [-0.3, -0.25) is 4.79 Å². The van der Waals surface area contributed by atoms with Crippen LogP contribution in [0.25, 0.3) is 11.4 Å². The molecule has 25 heavy (non-hydrogen) atoms. The molecular weight excluding hydrogens is 322 g/mol. The highest BCUT2D eigenvalue weighted by Crippen LogP contribution is 2.25. The van der Waals surface area contributed by atoms with E-state index in [1.807, 2.05) is 30.3 Å². The van der Waals surface area contributed by atoms with E-state index in [4.69, 9.17) is 9.47 Å². The van der Waals surface area contributed by atoms with Crippen molar-refractivity contribution in [2.24, 2.45) is 0 Å². The number of amides is 1. The molecule has 128 valence electrons. The molecule has 1 heterocycles. The molecule has 8 heteroatoms. The molecule has 0 spiro atoms. The summed E-state index contributed by atoms with van der Waals surface area (Å²) in [6.07, 6.45) is 0. The molecule has 0 aliphatic rings. The second kappa shape index (κ2) is 7.43. The minimum atomic E-state index is -0.285. The Morgan fingerprint density at radius 2 is 1.76 bits per heavy atom. The van der Waals surface area contributed by atoms with Crippen molar-refractivity contribution in [1.82, 2.24) is 20.2 Å². The largest absolute Gasteiger partial charge is 0.497 e. The van der Waals surface area contributed by atoms with E-state index < -0.39 is 0 Å². The third kappa shape index (κ3) is 4.11. The Labute approximate surface area is 144 Å². The van der Waals surface area contributed by atoms with Crippen LogP contribution in [-0.4, -0.2) is 40.3 Å². The van der Waals surface area contributed by atoms with Gasteiger partial charge in [-0.2, -0.15) is 4.80 Å². The second-order valence-corrected chi connectivity index (χ2v) is 5.16. The smallest absolute Gasteiger partial charge is 0.248 e. The van der Waals surface area contributed by atoms with Gasteiger partial charge in [0, 0.05) is 29.4 Å². The highest BCUT2D eigenvalue weighted by Gasteiger charge is 2.10. The molecule has 1 amide bonds. The third-order valence-corrected chi connectivity index (χ3v) is 3.41. The van der Waals surface area contributed by atoms with Crippen molar-refractivity contribution in [3.63, 3.8) is 0 Å². The molecule has 8 nitrogen and oxygen atoms in total. The van der Waals surface area contributed by atoms with E-state index >= 15 is 0 Å². The first kappa shape index (κ1) is 16.4. The predicted molar refractivity (Wildman–Crippen MR) is 91.4 cm³/mol. The van der Waals surface area contributed by atoms with Crippen LogP contribution in [0, 0.1) is 0 Å². The number of carbonyl (C=O) groups is 1. The fourth-order valence-corrected chi connectivity index (χ4v) is 2.22. The minimum absolute atomic E-state index is 0.0562. The molecule has 1 N–H and O–H groups in total. The Hall–Kier alpha value is -3.42. The third-order valence-electron chi connectivity index (χ3n) is 3.41. The van der Waals surface area contributed by atoms with E-state index in [0.29, 0.717) is 23.0 Å². The number of rotatable bonds is 6. The summed E-state index contributed by atoms with van der Waals surface area (Å²) in [5.74, 6) is 1.35. The summed E-state index contributed by atoms with van der Waals surface area (Å²) in [5.41, 5.74) is 1.40. The SMILES string of the molecule is COc1cc(NC(=O)Cn2nnc(-c3ccccc3)n2)cc(OC)c1. The van der Waals surface area contributed by atoms with E-state index in [1.54, 1.807) is 32.4 Å². The van der Waals surface area contributed by atoms with Gasteiger partial charge < -0.3 is 14.8 Å². The summed E-state index contributed by atoms with van der Waals surface area (Å²) in [6.45, 7) is -0.0562. The lowest BCUT2D eigenvalue weighted by Gasteiger charge is -2.09. The maximum atomic E-state index is 12.2. The van der Waals surface area contributed by atoms with Crippen LogP contribution in [0.3, 0.4) is 0 Å². The Morgan fingerprint density at radius 3 is 2.40 bits per heavy atom. The molecule has 0 aliphatic heterocycles. The Bertz CT molecular complexity index is 841.